The van der Waals surface area contributed by atoms with Crippen LogP contribution in [0, 0.1) is 5.92 Å². The second-order valence-corrected chi connectivity index (χ2v) is 6.89. The molecule has 0 aromatic heterocycles. The number of rotatable bonds is 7. The molecule has 2 rings (SSSR count). The molecular weight excluding hydrogens is 346 g/mol. The number of hydrogen-bond donors (Lipinski definition) is 3. The Morgan fingerprint density at radius 1 is 1.04 bits per heavy atom. The lowest BCUT2D eigenvalue weighted by molar-refractivity contribution is -0.142. The van der Waals surface area contributed by atoms with Crippen LogP contribution in [0.1, 0.15) is 55.5 Å². The van der Waals surface area contributed by atoms with Gasteiger partial charge in [-0.05, 0) is 57.2 Å². The zero-order valence-corrected chi connectivity index (χ0v) is 16.0. The number of nitrogens with one attached hydrogen (secondary N) is 2. The molecule has 1 aromatic carbocycles. The molecule has 0 radical (unpaired) electrons. The monoisotopic (exact) mass is 375 g/mol. The fourth-order valence-electron chi connectivity index (χ4n) is 3.36. The highest BCUT2D eigenvalue weighted by atomic mass is 16.4. The van der Waals surface area contributed by atoms with Crippen molar-refractivity contribution in [3.63, 3.8) is 0 Å². The highest BCUT2D eigenvalue weighted by Crippen LogP contribution is 2.24. The average Bonchev–Trinajstić information content (AvgIpc) is 2.68. The Bertz CT molecular complexity index is 648. The Balaban J connectivity index is 1.77. The molecule has 27 heavy (non-hydrogen) atoms. The number of carboxylic acids is 1. The van der Waals surface area contributed by atoms with E-state index in [1.165, 1.54) is 0 Å². The summed E-state index contributed by atoms with van der Waals surface area (Å²) in [6.07, 6.45) is 2.57. The van der Waals surface area contributed by atoms with Crippen molar-refractivity contribution < 1.29 is 19.5 Å². The van der Waals surface area contributed by atoms with Gasteiger partial charge in [-0.25, -0.2) is 4.79 Å². The van der Waals surface area contributed by atoms with E-state index in [9.17, 15) is 14.4 Å². The standard InChI is InChI=1S/C20H29N3O4/c1-3-23(4-2)18(24)15-7-5-14(6-8-15)13-21-20(27)22-17-11-9-16(10-12-17)19(25)26/h5-8,16-17H,3-4,9-13H2,1-2H3,(H,25,26)(H2,21,22,27). The summed E-state index contributed by atoms with van der Waals surface area (Å²) in [5.74, 6) is -1.03. The Kier molecular flexibility index (Phi) is 7.64. The lowest BCUT2D eigenvalue weighted by atomic mass is 9.86. The van der Waals surface area contributed by atoms with E-state index in [1.807, 2.05) is 26.0 Å². The molecule has 0 unspecified atom stereocenters. The quantitative estimate of drug-likeness (QED) is 0.682. The fourth-order valence-corrected chi connectivity index (χ4v) is 3.36. The molecule has 1 aromatic rings. The highest BCUT2D eigenvalue weighted by Gasteiger charge is 2.26. The van der Waals surface area contributed by atoms with E-state index in [4.69, 9.17) is 5.11 Å². The van der Waals surface area contributed by atoms with Gasteiger partial charge in [0.05, 0.1) is 5.92 Å². The van der Waals surface area contributed by atoms with E-state index < -0.39 is 5.97 Å². The van der Waals surface area contributed by atoms with Gasteiger partial charge in [0.25, 0.3) is 5.91 Å². The summed E-state index contributed by atoms with van der Waals surface area (Å²) < 4.78 is 0. The molecule has 1 saturated carbocycles. The molecule has 3 N–H and O–H groups in total. The number of carbonyl (C=O) groups excluding carboxylic acids is 2. The lowest BCUT2D eigenvalue weighted by Gasteiger charge is -2.26. The molecule has 148 valence electrons. The Morgan fingerprint density at radius 3 is 2.15 bits per heavy atom. The Morgan fingerprint density at radius 2 is 1.63 bits per heavy atom. The van der Waals surface area contributed by atoms with Crippen LogP contribution in [-0.4, -0.2) is 47.0 Å². The maximum absolute atomic E-state index is 12.3. The molecule has 0 saturated heterocycles. The first-order chi connectivity index (χ1) is 12.9. The average molecular weight is 375 g/mol. The third-order valence-electron chi connectivity index (χ3n) is 5.12. The van der Waals surface area contributed by atoms with Crippen molar-refractivity contribution in [2.24, 2.45) is 5.92 Å². The topological polar surface area (TPSA) is 98.7 Å². The van der Waals surface area contributed by atoms with Crippen LogP contribution >= 0.6 is 0 Å². The molecule has 0 atom stereocenters. The van der Waals surface area contributed by atoms with Crippen LogP contribution in [0.4, 0.5) is 4.79 Å². The first-order valence-electron chi connectivity index (χ1n) is 9.60. The van der Waals surface area contributed by atoms with E-state index in [1.54, 1.807) is 17.0 Å². The minimum Gasteiger partial charge on any atom is -0.481 e. The molecule has 0 spiro atoms. The fraction of sp³-hybridized carbons (Fsp3) is 0.550. The van der Waals surface area contributed by atoms with E-state index >= 15 is 0 Å². The van der Waals surface area contributed by atoms with Gasteiger partial charge in [-0.3, -0.25) is 9.59 Å². The SMILES string of the molecule is CCN(CC)C(=O)c1ccc(CNC(=O)NC2CCC(C(=O)O)CC2)cc1. The maximum Gasteiger partial charge on any atom is 0.315 e. The van der Waals surface area contributed by atoms with Crippen LogP contribution < -0.4 is 10.6 Å². The summed E-state index contributed by atoms with van der Waals surface area (Å²) in [5, 5.41) is 14.7. The number of carboxylic acid groups (broad SMARTS) is 1. The van der Waals surface area contributed by atoms with Crippen molar-refractivity contribution in [2.45, 2.75) is 52.1 Å². The van der Waals surface area contributed by atoms with Crippen molar-refractivity contribution in [3.8, 4) is 0 Å². The van der Waals surface area contributed by atoms with Crippen molar-refractivity contribution in [2.75, 3.05) is 13.1 Å². The molecule has 1 fully saturated rings. The number of aliphatic carboxylic acids is 1. The van der Waals surface area contributed by atoms with E-state index in [0.29, 0.717) is 50.9 Å². The minimum absolute atomic E-state index is 0.00853. The summed E-state index contributed by atoms with van der Waals surface area (Å²) in [4.78, 5) is 37.0. The van der Waals surface area contributed by atoms with Crippen molar-refractivity contribution in [3.05, 3.63) is 35.4 Å². The zero-order chi connectivity index (χ0) is 19.8. The second-order valence-electron chi connectivity index (χ2n) is 6.89. The van der Waals surface area contributed by atoms with Gasteiger partial charge < -0.3 is 20.6 Å². The number of carbonyl (C=O) groups is 3. The third kappa shape index (κ3) is 5.98. The van der Waals surface area contributed by atoms with Crippen molar-refractivity contribution >= 4 is 17.9 Å². The minimum atomic E-state index is -0.749. The largest absolute Gasteiger partial charge is 0.481 e. The number of urea groups is 1. The summed E-state index contributed by atoms with van der Waals surface area (Å²) in [6.45, 7) is 5.62. The van der Waals surface area contributed by atoms with Crippen LogP contribution in [-0.2, 0) is 11.3 Å². The number of benzene rings is 1. The van der Waals surface area contributed by atoms with Crippen molar-refractivity contribution in [1.29, 1.82) is 0 Å². The van der Waals surface area contributed by atoms with E-state index in [0.717, 1.165) is 5.56 Å². The Labute approximate surface area is 160 Å². The predicted molar refractivity (Wildman–Crippen MR) is 102 cm³/mol. The normalized spacial score (nSPS) is 19.2. The van der Waals surface area contributed by atoms with Gasteiger partial charge in [0.2, 0.25) is 0 Å². The van der Waals surface area contributed by atoms with Gasteiger partial charge in [-0.2, -0.15) is 0 Å². The number of amides is 3. The summed E-state index contributed by atoms with van der Waals surface area (Å²) in [7, 11) is 0. The lowest BCUT2D eigenvalue weighted by Crippen LogP contribution is -2.43. The zero-order valence-electron chi connectivity index (χ0n) is 16.0. The molecular formula is C20H29N3O4. The maximum atomic E-state index is 12.3. The Hall–Kier alpha value is -2.57. The molecule has 0 aliphatic heterocycles. The molecule has 3 amide bonds. The van der Waals surface area contributed by atoms with Crippen LogP contribution in [0.25, 0.3) is 0 Å². The van der Waals surface area contributed by atoms with Crippen LogP contribution in [0.2, 0.25) is 0 Å². The third-order valence-corrected chi connectivity index (χ3v) is 5.12. The highest BCUT2D eigenvalue weighted by molar-refractivity contribution is 5.94. The van der Waals surface area contributed by atoms with E-state index in [-0.39, 0.29) is 23.9 Å². The predicted octanol–water partition coefficient (Wildman–Crippen LogP) is 2.61. The summed E-state index contributed by atoms with van der Waals surface area (Å²) >= 11 is 0. The number of hydrogen-bond acceptors (Lipinski definition) is 3. The summed E-state index contributed by atoms with van der Waals surface area (Å²) in [6, 6.07) is 7.02. The van der Waals surface area contributed by atoms with Gasteiger partial charge in [-0.15, -0.1) is 0 Å². The van der Waals surface area contributed by atoms with Crippen LogP contribution in [0.5, 0.6) is 0 Å². The van der Waals surface area contributed by atoms with Gasteiger partial charge in [-0.1, -0.05) is 12.1 Å². The smallest absolute Gasteiger partial charge is 0.315 e. The van der Waals surface area contributed by atoms with Gasteiger partial charge >= 0.3 is 12.0 Å². The first-order valence-corrected chi connectivity index (χ1v) is 9.60. The molecule has 0 heterocycles. The molecule has 1 aliphatic rings. The summed E-state index contributed by atoms with van der Waals surface area (Å²) in [5.41, 5.74) is 1.55. The number of nitrogens with zero attached hydrogens (tertiary/aromatic N) is 1. The van der Waals surface area contributed by atoms with Gasteiger partial charge in [0.15, 0.2) is 0 Å². The van der Waals surface area contributed by atoms with E-state index in [2.05, 4.69) is 10.6 Å². The van der Waals surface area contributed by atoms with Crippen LogP contribution in [0.15, 0.2) is 24.3 Å². The van der Waals surface area contributed by atoms with Gasteiger partial charge in [0, 0.05) is 31.2 Å². The van der Waals surface area contributed by atoms with Crippen molar-refractivity contribution in [1.82, 2.24) is 15.5 Å². The van der Waals surface area contributed by atoms with Crippen LogP contribution in [0.3, 0.4) is 0 Å². The second kappa shape index (κ2) is 9.94. The van der Waals surface area contributed by atoms with Gasteiger partial charge in [0.1, 0.15) is 0 Å². The first kappa shape index (κ1) is 20.7. The molecule has 1 aliphatic carbocycles. The molecule has 7 heteroatoms. The molecule has 0 bridgehead atoms. The molecule has 7 nitrogen and oxygen atoms in total.